The Labute approximate surface area is 53.8 Å². The zero-order valence-electron chi connectivity index (χ0n) is 5.26. The van der Waals surface area contributed by atoms with Gasteiger partial charge in [-0.25, -0.2) is 4.99 Å². The first kappa shape index (κ1) is 7.68. The van der Waals surface area contributed by atoms with Crippen molar-refractivity contribution in [3.05, 3.63) is 11.8 Å². The maximum absolute atomic E-state index is 6.53. The van der Waals surface area contributed by atoms with Crippen molar-refractivity contribution in [2.45, 2.75) is 6.92 Å². The molecule has 0 unspecified atom stereocenters. The molecule has 0 amide bonds. The fourth-order valence-corrected chi connectivity index (χ4v) is 0.292. The Morgan fingerprint density at radius 2 is 2.11 bits per heavy atom. The minimum Gasteiger partial charge on any atom is -0.396 e. The van der Waals surface area contributed by atoms with E-state index in [-0.39, 0.29) is 5.84 Å². The van der Waals surface area contributed by atoms with Crippen molar-refractivity contribution >= 4 is 12.2 Å². The van der Waals surface area contributed by atoms with Crippen LogP contribution in [0.3, 0.4) is 0 Å². The zero-order valence-corrected chi connectivity index (χ0v) is 5.26. The number of nitrogens with zero attached hydrogens (tertiary/aromatic N) is 1. The van der Waals surface area contributed by atoms with E-state index in [1.807, 2.05) is 0 Å². The predicted octanol–water partition coefficient (Wildman–Crippen LogP) is -0.187. The minimum absolute atomic E-state index is 0.188. The van der Waals surface area contributed by atoms with Gasteiger partial charge in [0.15, 0.2) is 0 Å². The topological polar surface area (TPSA) is 88.2 Å². The third kappa shape index (κ3) is 2.48. The summed E-state index contributed by atoms with van der Waals surface area (Å²) in [7, 11) is 0. The second-order valence-electron chi connectivity index (χ2n) is 1.39. The van der Waals surface area contributed by atoms with E-state index in [1.165, 1.54) is 0 Å². The van der Waals surface area contributed by atoms with Gasteiger partial charge < -0.3 is 11.5 Å². The number of rotatable bonds is 2. The monoisotopic (exact) mass is 126 g/mol. The summed E-state index contributed by atoms with van der Waals surface area (Å²) < 4.78 is 0. The quantitative estimate of drug-likeness (QED) is 0.354. The Bertz CT molecular complexity index is 156. The van der Waals surface area contributed by atoms with Gasteiger partial charge in [-0.05, 0) is 6.92 Å². The van der Waals surface area contributed by atoms with Crippen LogP contribution in [0.1, 0.15) is 6.92 Å². The van der Waals surface area contributed by atoms with Gasteiger partial charge in [0.1, 0.15) is 12.2 Å². The SMILES string of the molecule is C/C=C(/N)C(N)=NC=N. The summed E-state index contributed by atoms with van der Waals surface area (Å²) in [4.78, 5) is 3.44. The number of nitrogens with one attached hydrogen (secondary N) is 1. The molecule has 0 fully saturated rings. The van der Waals surface area contributed by atoms with E-state index in [0.717, 1.165) is 6.34 Å². The van der Waals surface area contributed by atoms with Crippen LogP contribution in [-0.2, 0) is 0 Å². The van der Waals surface area contributed by atoms with E-state index < -0.39 is 0 Å². The van der Waals surface area contributed by atoms with Crippen molar-refractivity contribution in [3.8, 4) is 0 Å². The number of aliphatic imine (C=N–C) groups is 1. The van der Waals surface area contributed by atoms with E-state index in [4.69, 9.17) is 16.9 Å². The average Bonchev–Trinajstić information content (AvgIpc) is 1.87. The van der Waals surface area contributed by atoms with Gasteiger partial charge in [0.25, 0.3) is 0 Å². The normalized spacial score (nSPS) is 13.4. The molecular formula is C5H10N4. The lowest BCUT2D eigenvalue weighted by Crippen LogP contribution is -2.20. The van der Waals surface area contributed by atoms with Gasteiger partial charge in [-0.15, -0.1) is 0 Å². The number of amidine groups is 1. The van der Waals surface area contributed by atoms with Crippen LogP contribution in [0.4, 0.5) is 0 Å². The Hall–Kier alpha value is -1.32. The molecule has 0 heterocycles. The molecule has 0 aromatic heterocycles. The predicted molar refractivity (Wildman–Crippen MR) is 38.4 cm³/mol. The summed E-state index contributed by atoms with van der Waals surface area (Å²) in [5.41, 5.74) is 10.9. The molecule has 50 valence electrons. The van der Waals surface area contributed by atoms with Crippen LogP contribution in [0, 0.1) is 5.41 Å². The van der Waals surface area contributed by atoms with E-state index in [1.54, 1.807) is 13.0 Å². The summed E-state index contributed by atoms with van der Waals surface area (Å²) in [6.45, 7) is 1.75. The minimum atomic E-state index is 0.188. The highest BCUT2D eigenvalue weighted by Crippen LogP contribution is 1.80. The second kappa shape index (κ2) is 3.65. The molecular weight excluding hydrogens is 116 g/mol. The Kier molecular flexibility index (Phi) is 3.12. The molecule has 0 aliphatic carbocycles. The van der Waals surface area contributed by atoms with Gasteiger partial charge in [-0.1, -0.05) is 6.08 Å². The molecule has 4 nitrogen and oxygen atoms in total. The van der Waals surface area contributed by atoms with Crippen molar-refractivity contribution in [1.29, 1.82) is 5.41 Å². The molecule has 0 aliphatic heterocycles. The zero-order chi connectivity index (χ0) is 7.28. The molecule has 0 aromatic rings. The maximum atomic E-state index is 6.53. The molecule has 9 heavy (non-hydrogen) atoms. The van der Waals surface area contributed by atoms with E-state index in [0.29, 0.717) is 5.70 Å². The van der Waals surface area contributed by atoms with Crippen LogP contribution in [0.5, 0.6) is 0 Å². The van der Waals surface area contributed by atoms with Gasteiger partial charge in [0.2, 0.25) is 0 Å². The summed E-state index contributed by atoms with van der Waals surface area (Å²) >= 11 is 0. The smallest absolute Gasteiger partial charge is 0.148 e. The molecule has 0 aromatic carbocycles. The first-order chi connectivity index (χ1) is 4.22. The molecule has 0 bridgehead atoms. The first-order valence-corrected chi connectivity index (χ1v) is 2.46. The van der Waals surface area contributed by atoms with E-state index in [2.05, 4.69) is 4.99 Å². The Morgan fingerprint density at radius 1 is 1.56 bits per heavy atom. The molecule has 0 saturated heterocycles. The maximum Gasteiger partial charge on any atom is 0.148 e. The van der Waals surface area contributed by atoms with Gasteiger partial charge in [0, 0.05) is 0 Å². The lowest BCUT2D eigenvalue weighted by atomic mass is 10.4. The van der Waals surface area contributed by atoms with Gasteiger partial charge in [-0.2, -0.15) is 0 Å². The molecule has 4 heteroatoms. The van der Waals surface area contributed by atoms with E-state index in [9.17, 15) is 0 Å². The van der Waals surface area contributed by atoms with Gasteiger partial charge in [-0.3, -0.25) is 5.41 Å². The average molecular weight is 126 g/mol. The highest BCUT2D eigenvalue weighted by Gasteiger charge is 1.90. The number of nitrogens with two attached hydrogens (primary N) is 2. The van der Waals surface area contributed by atoms with Gasteiger partial charge >= 0.3 is 0 Å². The molecule has 0 atom stereocenters. The summed E-state index contributed by atoms with van der Waals surface area (Å²) in [5.74, 6) is 0.188. The van der Waals surface area contributed by atoms with E-state index >= 15 is 0 Å². The van der Waals surface area contributed by atoms with Crippen LogP contribution in [-0.4, -0.2) is 12.2 Å². The molecule has 5 N–H and O–H groups in total. The van der Waals surface area contributed by atoms with Crippen molar-refractivity contribution in [2.24, 2.45) is 16.5 Å². The van der Waals surface area contributed by atoms with Crippen LogP contribution in [0.25, 0.3) is 0 Å². The lowest BCUT2D eigenvalue weighted by molar-refractivity contribution is 1.38. The second-order valence-corrected chi connectivity index (χ2v) is 1.39. The first-order valence-electron chi connectivity index (χ1n) is 2.46. The summed E-state index contributed by atoms with van der Waals surface area (Å²) in [6, 6.07) is 0. The van der Waals surface area contributed by atoms with Crippen molar-refractivity contribution < 1.29 is 0 Å². The lowest BCUT2D eigenvalue weighted by Gasteiger charge is -1.94. The molecule has 0 saturated carbocycles. The molecule has 0 radical (unpaired) electrons. The number of allylic oxidation sites excluding steroid dienone is 1. The van der Waals surface area contributed by atoms with Crippen LogP contribution in [0.2, 0.25) is 0 Å². The summed E-state index contributed by atoms with van der Waals surface area (Å²) in [6.07, 6.45) is 2.48. The van der Waals surface area contributed by atoms with Gasteiger partial charge in [0.05, 0.1) is 5.70 Å². The van der Waals surface area contributed by atoms with Crippen LogP contribution >= 0.6 is 0 Å². The number of hydrogen-bond donors (Lipinski definition) is 3. The Morgan fingerprint density at radius 3 is 2.44 bits per heavy atom. The van der Waals surface area contributed by atoms with Crippen molar-refractivity contribution in [3.63, 3.8) is 0 Å². The van der Waals surface area contributed by atoms with Crippen molar-refractivity contribution in [1.82, 2.24) is 0 Å². The third-order valence-electron chi connectivity index (χ3n) is 0.810. The summed E-state index contributed by atoms with van der Waals surface area (Å²) in [5, 5.41) is 6.53. The Balaban J connectivity index is 4.19. The highest BCUT2D eigenvalue weighted by molar-refractivity contribution is 5.99. The third-order valence-corrected chi connectivity index (χ3v) is 0.810. The molecule has 0 spiro atoms. The standard InChI is InChI=1S/C5H10N4/c1-2-4(7)5(8)9-3-6/h2-3H,7H2,1H3,(H3,6,8,9)/b4-2+. The van der Waals surface area contributed by atoms with Crippen molar-refractivity contribution in [2.75, 3.05) is 0 Å². The molecule has 0 rings (SSSR count). The van der Waals surface area contributed by atoms with Crippen LogP contribution in [0.15, 0.2) is 16.8 Å². The fourth-order valence-electron chi connectivity index (χ4n) is 0.292. The highest BCUT2D eigenvalue weighted by atomic mass is 14.9. The molecule has 0 aliphatic rings. The van der Waals surface area contributed by atoms with Crippen LogP contribution < -0.4 is 11.5 Å². The largest absolute Gasteiger partial charge is 0.396 e. The number of hydrogen-bond acceptors (Lipinski definition) is 2. The fraction of sp³-hybridized carbons (Fsp3) is 0.200.